The number of hydrogen-bond acceptors (Lipinski definition) is 10. The summed E-state index contributed by atoms with van der Waals surface area (Å²) in [4.78, 5) is 27.8. The summed E-state index contributed by atoms with van der Waals surface area (Å²) in [6, 6.07) is 45.9. The minimum absolute atomic E-state index is 0.306. The Balaban J connectivity index is 0.000000264. The van der Waals surface area contributed by atoms with Gasteiger partial charge in [0.1, 0.15) is 0 Å². The first-order chi connectivity index (χ1) is 37.3. The van der Waals surface area contributed by atoms with Gasteiger partial charge in [0, 0.05) is 43.0 Å². The van der Waals surface area contributed by atoms with Crippen molar-refractivity contribution in [3.63, 3.8) is 0 Å². The van der Waals surface area contributed by atoms with Crippen LogP contribution in [0.4, 0.5) is 26.3 Å². The molecule has 0 aliphatic carbocycles. The fraction of sp³-hybridized carbons (Fsp3) is 0.167. The summed E-state index contributed by atoms with van der Waals surface area (Å²) in [6.07, 6.45) is 0. The Bertz CT molecular complexity index is 3630. The first kappa shape index (κ1) is 60.3. The molecule has 0 aliphatic rings. The molecule has 10 nitrogen and oxygen atoms in total. The second kappa shape index (κ2) is 23.0. The van der Waals surface area contributed by atoms with Crippen LogP contribution < -0.4 is 40.2 Å². The van der Waals surface area contributed by atoms with Crippen LogP contribution in [-0.4, -0.2) is 39.4 Å². The highest BCUT2D eigenvalue weighted by molar-refractivity contribution is 7.88. The number of alkyl halides is 6. The average molecular weight is 1170 g/mol. The van der Waals surface area contributed by atoms with E-state index in [0.29, 0.717) is 55.1 Å². The molecule has 80 heavy (non-hydrogen) atoms. The molecule has 0 radical (unpaired) electrons. The van der Waals surface area contributed by atoms with E-state index in [9.17, 15) is 48.0 Å². The van der Waals surface area contributed by atoms with Crippen LogP contribution in [0.3, 0.4) is 0 Å². The predicted octanol–water partition coefficient (Wildman–Crippen LogP) is 12.0. The number of carbonyl (C=O) groups excluding carboxylic acids is 2. The Kier molecular flexibility index (Phi) is 17.3. The molecule has 20 heteroatoms. The molecule has 0 bridgehead atoms. The van der Waals surface area contributed by atoms with Crippen LogP contribution in [0.2, 0.25) is 0 Å². The van der Waals surface area contributed by atoms with Gasteiger partial charge in [0.15, 0.2) is 31.6 Å². The number of rotatable bonds is 14. The molecule has 0 aromatic heterocycles. The van der Waals surface area contributed by atoms with E-state index >= 15 is 13.9 Å². The van der Waals surface area contributed by atoms with Crippen LogP contribution >= 0.6 is 14.3 Å². The van der Waals surface area contributed by atoms with Crippen molar-refractivity contribution in [3.05, 3.63) is 237 Å². The number of ketones is 2. The van der Waals surface area contributed by atoms with Gasteiger partial charge in [-0.2, -0.15) is 43.2 Å². The molecule has 0 spiro atoms. The van der Waals surface area contributed by atoms with Crippen LogP contribution in [-0.2, 0) is 29.4 Å². The summed E-state index contributed by atoms with van der Waals surface area (Å²) in [5, 5.41) is 3.69. The first-order valence-electron chi connectivity index (χ1n) is 24.3. The van der Waals surface area contributed by atoms with E-state index in [2.05, 4.69) is 32.6 Å². The number of para-hydroxylation sites is 2. The van der Waals surface area contributed by atoms with Gasteiger partial charge >= 0.3 is 31.3 Å². The Hall–Kier alpha value is -7.36. The third-order valence-electron chi connectivity index (χ3n) is 12.5. The quantitative estimate of drug-likeness (QED) is 0.0338. The summed E-state index contributed by atoms with van der Waals surface area (Å²) in [5.74, 6) is -3.85. The Morgan fingerprint density at radius 3 is 0.812 bits per heavy atom. The van der Waals surface area contributed by atoms with Crippen LogP contribution in [0, 0.1) is 55.4 Å². The van der Waals surface area contributed by atoms with Gasteiger partial charge in [-0.3, -0.25) is 9.59 Å². The van der Waals surface area contributed by atoms with Gasteiger partial charge in [-0.15, -0.1) is 0 Å². The maximum Gasteiger partial charge on any atom is 0.534 e. The fourth-order valence-corrected chi connectivity index (χ4v) is 16.7. The summed E-state index contributed by atoms with van der Waals surface area (Å²) in [7, 11) is -19.5. The number of carbonyl (C=O) groups is 2. The maximum atomic E-state index is 16.1. The lowest BCUT2D eigenvalue weighted by Crippen LogP contribution is -2.33. The average Bonchev–Trinajstić information content (AvgIpc) is 3.36. The zero-order valence-corrected chi connectivity index (χ0v) is 47.6. The van der Waals surface area contributed by atoms with E-state index < -0.39 is 73.9 Å². The number of hydrogen-bond donors (Lipinski definition) is 0. The molecule has 416 valence electrons. The SMILES string of the molecule is Cc1cc(C)cc(P(=O)(c2cc(C)cc(C)c2)c2ccccc2C(=O)c2ccccc2P(=O)(c2cc(C)cc(C)c2)c2cc(C)cc(C)c2)c1.O=C(c1ccccc1OS(=O)(=O)C(F)(F)F)c1ccccc1OS(=O)(=O)C(F)(F)F. The highest BCUT2D eigenvalue weighted by atomic mass is 32.2. The number of halogens is 6. The van der Waals surface area contributed by atoms with Crippen molar-refractivity contribution in [2.45, 2.75) is 66.4 Å². The van der Waals surface area contributed by atoms with Crippen LogP contribution in [0.5, 0.6) is 11.5 Å². The monoisotopic (exact) mass is 1170 g/mol. The number of benzene rings is 8. The predicted molar refractivity (Wildman–Crippen MR) is 301 cm³/mol. The highest BCUT2D eigenvalue weighted by Gasteiger charge is 2.50. The van der Waals surface area contributed by atoms with Crippen molar-refractivity contribution < 1.29 is 70.3 Å². The van der Waals surface area contributed by atoms with E-state index in [4.69, 9.17) is 0 Å². The van der Waals surface area contributed by atoms with E-state index in [0.717, 1.165) is 80.9 Å². The normalized spacial score (nSPS) is 12.3. The zero-order valence-electron chi connectivity index (χ0n) is 44.2. The van der Waals surface area contributed by atoms with Gasteiger partial charge in [0.2, 0.25) is 5.78 Å². The third-order valence-corrected chi connectivity index (χ3v) is 20.5. The molecule has 0 saturated carbocycles. The highest BCUT2D eigenvalue weighted by Crippen LogP contribution is 2.47. The molecule has 8 aromatic rings. The molecule has 0 aliphatic heterocycles. The second-order valence-electron chi connectivity index (χ2n) is 19.3. The third kappa shape index (κ3) is 12.6. The zero-order chi connectivity index (χ0) is 58.9. The summed E-state index contributed by atoms with van der Waals surface area (Å²) < 4.78 is 160. The van der Waals surface area contributed by atoms with E-state index in [1.54, 1.807) is 12.1 Å². The molecule has 0 N–H and O–H groups in total. The number of aryl methyl sites for hydroxylation is 8. The maximum absolute atomic E-state index is 16.1. The van der Waals surface area contributed by atoms with Crippen LogP contribution in [0.1, 0.15) is 76.4 Å². The first-order valence-corrected chi connectivity index (χ1v) is 30.5. The van der Waals surface area contributed by atoms with Crippen molar-refractivity contribution in [1.82, 2.24) is 0 Å². The van der Waals surface area contributed by atoms with Gasteiger partial charge in [-0.25, -0.2) is 0 Å². The van der Waals surface area contributed by atoms with Crippen molar-refractivity contribution in [1.29, 1.82) is 0 Å². The fourth-order valence-electron chi connectivity index (χ4n) is 9.34. The van der Waals surface area contributed by atoms with Crippen molar-refractivity contribution in [2.24, 2.45) is 0 Å². The summed E-state index contributed by atoms with van der Waals surface area (Å²) in [6.45, 7) is 16.1. The van der Waals surface area contributed by atoms with Gasteiger partial charge in [-0.1, -0.05) is 142 Å². The molecular formula is C60H52F6O10P2S2. The van der Waals surface area contributed by atoms with E-state index in [-0.39, 0.29) is 5.78 Å². The molecule has 0 fully saturated rings. The minimum atomic E-state index is -6.18. The topological polar surface area (TPSA) is 155 Å². The molecular weight excluding hydrogens is 1120 g/mol. The van der Waals surface area contributed by atoms with Crippen molar-refractivity contribution in [2.75, 3.05) is 0 Å². The lowest BCUT2D eigenvalue weighted by Gasteiger charge is -2.26. The van der Waals surface area contributed by atoms with Gasteiger partial charge in [-0.05, 0) is 128 Å². The Morgan fingerprint density at radius 2 is 0.562 bits per heavy atom. The smallest absolute Gasteiger partial charge is 0.375 e. The lowest BCUT2D eigenvalue weighted by atomic mass is 10.0. The Morgan fingerprint density at radius 1 is 0.350 bits per heavy atom. The molecule has 0 atom stereocenters. The molecule has 0 unspecified atom stereocenters. The van der Waals surface area contributed by atoms with Crippen molar-refractivity contribution >= 4 is 77.9 Å². The molecule has 0 heterocycles. The van der Waals surface area contributed by atoms with E-state index in [1.807, 2.05) is 140 Å². The van der Waals surface area contributed by atoms with E-state index in [1.165, 1.54) is 0 Å². The summed E-state index contributed by atoms with van der Waals surface area (Å²) >= 11 is 0. The molecule has 0 amide bonds. The minimum Gasteiger partial charge on any atom is -0.375 e. The molecule has 8 rings (SSSR count). The standard InChI is InChI=1S/C45H44O3P2.C15H8F6O7S2/c1-29-17-30(2)22-37(21-29)49(47,38-23-31(3)18-32(4)24-38)43-15-11-9-13-41(43)45(46)42-14-10-12-16-44(42)50(48,39-25-33(5)19-34(6)26-39)40-27-35(7)20-36(8)28-40;16-14(17,18)29(23,24)27-11-7-3-1-5-9(11)13(22)10-6-2-4-8-12(10)28-30(25,26)15(19,20)21/h9-28H,1-8H3;1-8H. The second-order valence-corrected chi connectivity index (χ2v) is 27.8. The lowest BCUT2D eigenvalue weighted by molar-refractivity contribution is -0.0504. The summed E-state index contributed by atoms with van der Waals surface area (Å²) in [5.41, 5.74) is -4.59. The molecule has 8 aromatic carbocycles. The van der Waals surface area contributed by atoms with Gasteiger partial charge < -0.3 is 17.5 Å². The Labute approximate surface area is 460 Å². The van der Waals surface area contributed by atoms with Crippen molar-refractivity contribution in [3.8, 4) is 11.5 Å². The van der Waals surface area contributed by atoms with Gasteiger partial charge in [0.05, 0.1) is 11.1 Å². The largest absolute Gasteiger partial charge is 0.534 e. The van der Waals surface area contributed by atoms with Gasteiger partial charge in [0.25, 0.3) is 0 Å². The molecule has 0 saturated heterocycles. The van der Waals surface area contributed by atoms with Crippen LogP contribution in [0.15, 0.2) is 170 Å². The van der Waals surface area contributed by atoms with Crippen LogP contribution in [0.25, 0.3) is 0 Å².